The summed E-state index contributed by atoms with van der Waals surface area (Å²) in [5, 5.41) is 4.70. The van der Waals surface area contributed by atoms with Gasteiger partial charge in [0.25, 0.3) is 5.91 Å². The maximum absolute atomic E-state index is 11.1. The van der Waals surface area contributed by atoms with Gasteiger partial charge in [0.2, 0.25) is 0 Å². The van der Waals surface area contributed by atoms with Crippen LogP contribution in [0.1, 0.15) is 5.69 Å². The molecule has 1 aliphatic rings. The van der Waals surface area contributed by atoms with Crippen molar-refractivity contribution in [2.45, 2.75) is 12.5 Å². The van der Waals surface area contributed by atoms with Crippen LogP contribution in [0.25, 0.3) is 0 Å². The van der Waals surface area contributed by atoms with E-state index in [1.807, 2.05) is 12.1 Å². The minimum atomic E-state index is -0.439. The number of hydrogen-bond acceptors (Lipinski definition) is 2. The largest absolute Gasteiger partial charge is 0.365 e. The Morgan fingerprint density at radius 1 is 1.38 bits per heavy atom. The molecule has 1 saturated heterocycles. The molecule has 2 heterocycles. The second kappa shape index (κ2) is 2.93. The molecule has 0 aromatic carbocycles. The molecule has 1 aromatic rings. The molecule has 0 spiro atoms. The van der Waals surface area contributed by atoms with Crippen LogP contribution in [0.2, 0.25) is 0 Å². The number of carbonyl (C=O) groups is 2. The lowest BCUT2D eigenvalue weighted by molar-refractivity contribution is -0.120. The van der Waals surface area contributed by atoms with Crippen LogP contribution in [0.4, 0.5) is 4.79 Å². The average Bonchev–Trinajstić information content (AvgIpc) is 2.63. The number of imide groups is 1. The number of rotatable bonds is 2. The van der Waals surface area contributed by atoms with Crippen molar-refractivity contribution in [3.8, 4) is 0 Å². The van der Waals surface area contributed by atoms with E-state index in [2.05, 4.69) is 15.6 Å². The maximum atomic E-state index is 11.1. The third-order valence-corrected chi connectivity index (χ3v) is 1.94. The van der Waals surface area contributed by atoms with Gasteiger partial charge in [-0.2, -0.15) is 0 Å². The molecule has 3 amide bonds. The summed E-state index contributed by atoms with van der Waals surface area (Å²) < 4.78 is 0. The van der Waals surface area contributed by atoms with E-state index in [9.17, 15) is 9.59 Å². The Balaban J connectivity index is 2.03. The quantitative estimate of drug-likeness (QED) is 0.548. The van der Waals surface area contributed by atoms with Crippen LogP contribution < -0.4 is 10.6 Å². The average molecular weight is 179 g/mol. The summed E-state index contributed by atoms with van der Waals surface area (Å²) in [6, 6.07) is 2.87. The fourth-order valence-electron chi connectivity index (χ4n) is 1.32. The van der Waals surface area contributed by atoms with Crippen molar-refractivity contribution in [1.82, 2.24) is 15.6 Å². The molecule has 2 rings (SSSR count). The second-order valence-electron chi connectivity index (χ2n) is 2.91. The Labute approximate surface area is 74.5 Å². The zero-order chi connectivity index (χ0) is 9.26. The van der Waals surface area contributed by atoms with E-state index < -0.39 is 12.1 Å². The summed E-state index contributed by atoms with van der Waals surface area (Å²) in [6.07, 6.45) is 2.29. The normalized spacial score (nSPS) is 21.4. The van der Waals surface area contributed by atoms with Crippen LogP contribution in [0.15, 0.2) is 18.3 Å². The van der Waals surface area contributed by atoms with Crippen LogP contribution in [0, 0.1) is 0 Å². The lowest BCUT2D eigenvalue weighted by atomic mass is 10.1. The molecule has 5 heteroatoms. The molecule has 1 atom stereocenters. The lowest BCUT2D eigenvalue weighted by Gasteiger charge is -2.03. The standard InChI is InChI=1S/C8H9N3O2/c12-7-6(10-8(13)11-7)4-5-2-1-3-9-5/h1-3,6,9H,4H2,(H2,10,11,12,13). The van der Waals surface area contributed by atoms with Gasteiger partial charge in [-0.25, -0.2) is 4.79 Å². The van der Waals surface area contributed by atoms with Crippen molar-refractivity contribution in [2.24, 2.45) is 0 Å². The van der Waals surface area contributed by atoms with Gasteiger partial charge in [-0.05, 0) is 12.1 Å². The van der Waals surface area contributed by atoms with Gasteiger partial charge in [0.05, 0.1) is 0 Å². The van der Waals surface area contributed by atoms with Gasteiger partial charge in [0, 0.05) is 18.3 Å². The zero-order valence-electron chi connectivity index (χ0n) is 6.83. The molecule has 0 bridgehead atoms. The number of nitrogens with one attached hydrogen (secondary N) is 3. The fourth-order valence-corrected chi connectivity index (χ4v) is 1.32. The highest BCUT2D eigenvalue weighted by Crippen LogP contribution is 2.03. The number of amides is 3. The van der Waals surface area contributed by atoms with Gasteiger partial charge in [0.1, 0.15) is 6.04 Å². The van der Waals surface area contributed by atoms with Gasteiger partial charge >= 0.3 is 6.03 Å². The van der Waals surface area contributed by atoms with Crippen molar-refractivity contribution in [3.05, 3.63) is 24.0 Å². The predicted molar refractivity (Wildman–Crippen MR) is 45.0 cm³/mol. The SMILES string of the molecule is O=C1NC(=O)C(Cc2ccc[nH]2)N1. The Kier molecular flexibility index (Phi) is 1.77. The van der Waals surface area contributed by atoms with Gasteiger partial charge in [-0.15, -0.1) is 0 Å². The Hall–Kier alpha value is -1.78. The molecule has 0 radical (unpaired) electrons. The first kappa shape index (κ1) is 7.85. The summed E-state index contributed by atoms with van der Waals surface area (Å²) in [5.74, 6) is -0.264. The van der Waals surface area contributed by atoms with Crippen molar-refractivity contribution >= 4 is 11.9 Å². The van der Waals surface area contributed by atoms with Crippen molar-refractivity contribution < 1.29 is 9.59 Å². The van der Waals surface area contributed by atoms with E-state index >= 15 is 0 Å². The van der Waals surface area contributed by atoms with E-state index in [0.29, 0.717) is 6.42 Å². The van der Waals surface area contributed by atoms with Gasteiger partial charge in [0.15, 0.2) is 0 Å². The molecule has 1 fully saturated rings. The van der Waals surface area contributed by atoms with Gasteiger partial charge < -0.3 is 10.3 Å². The van der Waals surface area contributed by atoms with Crippen LogP contribution in [-0.2, 0) is 11.2 Å². The maximum Gasteiger partial charge on any atom is 0.322 e. The predicted octanol–water partition coefficient (Wildman–Crippen LogP) is -0.235. The fraction of sp³-hybridized carbons (Fsp3) is 0.250. The summed E-state index contributed by atoms with van der Waals surface area (Å²) in [7, 11) is 0. The van der Waals surface area contributed by atoms with E-state index in [1.165, 1.54) is 0 Å². The van der Waals surface area contributed by atoms with E-state index in [4.69, 9.17) is 0 Å². The van der Waals surface area contributed by atoms with E-state index in [-0.39, 0.29) is 5.91 Å². The first-order chi connectivity index (χ1) is 6.25. The van der Waals surface area contributed by atoms with Crippen molar-refractivity contribution in [2.75, 3.05) is 0 Å². The molecule has 0 aliphatic carbocycles. The Morgan fingerprint density at radius 2 is 2.23 bits per heavy atom. The van der Waals surface area contributed by atoms with Crippen LogP contribution in [0.3, 0.4) is 0 Å². The topological polar surface area (TPSA) is 74.0 Å². The minimum absolute atomic E-state index is 0.264. The van der Waals surface area contributed by atoms with Gasteiger partial charge in [-0.3, -0.25) is 10.1 Å². The number of H-pyrrole nitrogens is 1. The Bertz CT molecular complexity index is 331. The number of urea groups is 1. The summed E-state index contributed by atoms with van der Waals surface area (Å²) >= 11 is 0. The van der Waals surface area contributed by atoms with Crippen molar-refractivity contribution in [1.29, 1.82) is 0 Å². The van der Waals surface area contributed by atoms with Crippen molar-refractivity contribution in [3.63, 3.8) is 0 Å². The minimum Gasteiger partial charge on any atom is -0.365 e. The number of carbonyl (C=O) groups excluding carboxylic acids is 2. The first-order valence-electron chi connectivity index (χ1n) is 3.99. The van der Waals surface area contributed by atoms with Crippen LogP contribution in [0.5, 0.6) is 0 Å². The smallest absolute Gasteiger partial charge is 0.322 e. The molecule has 1 aliphatic heterocycles. The third kappa shape index (κ3) is 1.53. The summed E-state index contributed by atoms with van der Waals surface area (Å²) in [4.78, 5) is 24.8. The monoisotopic (exact) mass is 179 g/mol. The third-order valence-electron chi connectivity index (χ3n) is 1.94. The molecule has 68 valence electrons. The number of aromatic nitrogens is 1. The van der Waals surface area contributed by atoms with E-state index in [0.717, 1.165) is 5.69 Å². The van der Waals surface area contributed by atoms with Crippen LogP contribution >= 0.6 is 0 Å². The van der Waals surface area contributed by atoms with Gasteiger partial charge in [-0.1, -0.05) is 0 Å². The molecule has 5 nitrogen and oxygen atoms in total. The summed E-state index contributed by atoms with van der Waals surface area (Å²) in [6.45, 7) is 0. The highest BCUT2D eigenvalue weighted by Gasteiger charge is 2.29. The zero-order valence-corrected chi connectivity index (χ0v) is 6.83. The molecular formula is C8H9N3O2. The molecule has 0 saturated carbocycles. The highest BCUT2D eigenvalue weighted by molar-refractivity contribution is 6.04. The molecule has 13 heavy (non-hydrogen) atoms. The van der Waals surface area contributed by atoms with E-state index in [1.54, 1.807) is 6.20 Å². The lowest BCUT2D eigenvalue weighted by Crippen LogP contribution is -2.31. The second-order valence-corrected chi connectivity index (χ2v) is 2.91. The highest BCUT2D eigenvalue weighted by atomic mass is 16.2. The molecule has 3 N–H and O–H groups in total. The Morgan fingerprint density at radius 3 is 2.77 bits per heavy atom. The molecular weight excluding hydrogens is 170 g/mol. The van der Waals surface area contributed by atoms with Crippen LogP contribution in [-0.4, -0.2) is 23.0 Å². The number of aromatic amines is 1. The summed E-state index contributed by atoms with van der Waals surface area (Å²) in [5.41, 5.74) is 0.933. The molecule has 1 unspecified atom stereocenters. The first-order valence-corrected chi connectivity index (χ1v) is 3.99. The molecule has 1 aromatic heterocycles. The number of hydrogen-bond donors (Lipinski definition) is 3.